The van der Waals surface area contributed by atoms with Gasteiger partial charge in [-0.3, -0.25) is 0 Å². The van der Waals surface area contributed by atoms with Crippen LogP contribution in [0.2, 0.25) is 0 Å². The second-order valence-corrected chi connectivity index (χ2v) is 11.9. The van der Waals surface area contributed by atoms with Crippen LogP contribution in [0.3, 0.4) is 0 Å². The molecule has 0 saturated heterocycles. The monoisotopic (exact) mass is 486 g/mol. The lowest BCUT2D eigenvalue weighted by Gasteiger charge is -2.38. The zero-order chi connectivity index (χ0) is 24.6. The van der Waals surface area contributed by atoms with Gasteiger partial charge >= 0.3 is 0 Å². The van der Waals surface area contributed by atoms with Gasteiger partial charge in [0.2, 0.25) is 5.82 Å². The summed E-state index contributed by atoms with van der Waals surface area (Å²) in [6, 6.07) is 3.36. The summed E-state index contributed by atoms with van der Waals surface area (Å²) in [5.41, 5.74) is 0.553. The standard InChI is InChI=1S/C32H48F2O/c1-3-5-6-23-9-15-26(16-10-23)27-17-11-24(12-18-27)7-8-25-13-19-28(20-14-25)29-21-22-30(35-4-2)32(34)31(29)33/h3,21-28H,1,4-20H2,2H3. The molecule has 1 aromatic carbocycles. The van der Waals surface area contributed by atoms with Crippen molar-refractivity contribution in [2.24, 2.45) is 29.6 Å². The minimum Gasteiger partial charge on any atom is -0.491 e. The van der Waals surface area contributed by atoms with E-state index in [1.165, 1.54) is 77.0 Å². The van der Waals surface area contributed by atoms with Crippen LogP contribution in [0.1, 0.15) is 121 Å². The molecule has 0 aliphatic heterocycles. The number of benzene rings is 1. The topological polar surface area (TPSA) is 9.23 Å². The van der Waals surface area contributed by atoms with Crippen LogP contribution >= 0.6 is 0 Å². The Morgan fingerprint density at radius 1 is 0.743 bits per heavy atom. The number of rotatable bonds is 10. The highest BCUT2D eigenvalue weighted by molar-refractivity contribution is 5.33. The predicted octanol–water partition coefficient (Wildman–Crippen LogP) is 10.00. The molecule has 0 radical (unpaired) electrons. The molecule has 0 amide bonds. The molecule has 0 N–H and O–H groups in total. The molecule has 3 saturated carbocycles. The fourth-order valence-electron chi connectivity index (χ4n) is 7.61. The molecule has 0 heterocycles. The minimum absolute atomic E-state index is 0.0355. The third kappa shape index (κ3) is 7.10. The van der Waals surface area contributed by atoms with Gasteiger partial charge in [0.25, 0.3) is 0 Å². The maximum absolute atomic E-state index is 14.6. The third-order valence-electron chi connectivity index (χ3n) is 9.87. The van der Waals surface area contributed by atoms with Crippen molar-refractivity contribution >= 4 is 0 Å². The Hall–Kier alpha value is -1.38. The lowest BCUT2D eigenvalue weighted by Crippen LogP contribution is -2.26. The van der Waals surface area contributed by atoms with E-state index in [4.69, 9.17) is 4.74 Å². The molecule has 35 heavy (non-hydrogen) atoms. The number of ether oxygens (including phenoxy) is 1. The van der Waals surface area contributed by atoms with Crippen LogP contribution in [-0.2, 0) is 0 Å². The lowest BCUT2D eigenvalue weighted by atomic mass is 9.68. The Morgan fingerprint density at radius 2 is 1.26 bits per heavy atom. The van der Waals surface area contributed by atoms with Gasteiger partial charge < -0.3 is 4.74 Å². The van der Waals surface area contributed by atoms with Gasteiger partial charge in [0, 0.05) is 0 Å². The van der Waals surface area contributed by atoms with E-state index in [9.17, 15) is 8.78 Å². The molecule has 0 spiro atoms. The molecule has 3 aliphatic carbocycles. The Kier molecular flexibility index (Phi) is 10.1. The average Bonchev–Trinajstić information content (AvgIpc) is 2.90. The number of hydrogen-bond donors (Lipinski definition) is 0. The summed E-state index contributed by atoms with van der Waals surface area (Å²) in [7, 11) is 0. The number of halogens is 2. The highest BCUT2D eigenvalue weighted by Crippen LogP contribution is 2.44. The minimum atomic E-state index is -0.817. The van der Waals surface area contributed by atoms with Gasteiger partial charge in [0.15, 0.2) is 11.6 Å². The molecular weight excluding hydrogens is 438 g/mol. The molecule has 0 atom stereocenters. The molecule has 1 aromatic rings. The Balaban J connectivity index is 1.14. The maximum atomic E-state index is 14.6. The van der Waals surface area contributed by atoms with E-state index in [-0.39, 0.29) is 11.7 Å². The van der Waals surface area contributed by atoms with Gasteiger partial charge in [0.05, 0.1) is 6.61 Å². The van der Waals surface area contributed by atoms with Crippen LogP contribution in [0.4, 0.5) is 8.78 Å². The van der Waals surface area contributed by atoms with E-state index in [0.29, 0.717) is 12.2 Å². The molecule has 3 heteroatoms. The van der Waals surface area contributed by atoms with Crippen LogP contribution in [0, 0.1) is 41.2 Å². The molecule has 196 valence electrons. The summed E-state index contributed by atoms with van der Waals surface area (Å²) in [6.07, 6.45) is 23.3. The third-order valence-corrected chi connectivity index (χ3v) is 9.87. The van der Waals surface area contributed by atoms with Crippen LogP contribution in [0.15, 0.2) is 24.8 Å². The molecule has 3 aliphatic rings. The van der Waals surface area contributed by atoms with Crippen molar-refractivity contribution in [3.8, 4) is 5.75 Å². The van der Waals surface area contributed by atoms with E-state index >= 15 is 0 Å². The fraction of sp³-hybridized carbons (Fsp3) is 0.750. The highest BCUT2D eigenvalue weighted by atomic mass is 19.2. The van der Waals surface area contributed by atoms with Crippen molar-refractivity contribution in [1.82, 2.24) is 0 Å². The molecule has 0 bridgehead atoms. The second-order valence-electron chi connectivity index (χ2n) is 11.9. The molecule has 0 unspecified atom stereocenters. The van der Waals surface area contributed by atoms with Crippen molar-refractivity contribution in [1.29, 1.82) is 0 Å². The van der Waals surface area contributed by atoms with Gasteiger partial charge in [-0.1, -0.05) is 50.7 Å². The number of allylic oxidation sites excluding steroid dienone is 1. The normalized spacial score (nSPS) is 31.7. The first-order chi connectivity index (χ1) is 17.1. The summed E-state index contributed by atoms with van der Waals surface area (Å²) in [5, 5.41) is 0. The fourth-order valence-corrected chi connectivity index (χ4v) is 7.61. The second kappa shape index (κ2) is 13.2. The average molecular weight is 487 g/mol. The van der Waals surface area contributed by atoms with Crippen molar-refractivity contribution in [2.75, 3.05) is 6.61 Å². The summed E-state index contributed by atoms with van der Waals surface area (Å²) in [5.74, 6) is 3.32. The predicted molar refractivity (Wildman–Crippen MR) is 142 cm³/mol. The number of hydrogen-bond acceptors (Lipinski definition) is 1. The summed E-state index contributed by atoms with van der Waals surface area (Å²) < 4.78 is 34.2. The van der Waals surface area contributed by atoms with Gasteiger partial charge in [0.1, 0.15) is 0 Å². The molecule has 4 rings (SSSR count). The van der Waals surface area contributed by atoms with Crippen LogP contribution in [0.25, 0.3) is 0 Å². The zero-order valence-electron chi connectivity index (χ0n) is 22.1. The summed E-state index contributed by atoms with van der Waals surface area (Å²) in [6.45, 7) is 6.02. The van der Waals surface area contributed by atoms with E-state index in [0.717, 1.165) is 55.3 Å². The van der Waals surface area contributed by atoms with Crippen molar-refractivity contribution in [2.45, 2.75) is 116 Å². The van der Waals surface area contributed by atoms with Gasteiger partial charge in [-0.25, -0.2) is 4.39 Å². The SMILES string of the molecule is C=CCCC1CCC(C2CCC(CCC3CCC(c4ccc(OCC)c(F)c4F)CC3)CC2)CC1. The van der Waals surface area contributed by atoms with Crippen molar-refractivity contribution < 1.29 is 13.5 Å². The summed E-state index contributed by atoms with van der Waals surface area (Å²) >= 11 is 0. The van der Waals surface area contributed by atoms with Gasteiger partial charge in [-0.15, -0.1) is 6.58 Å². The van der Waals surface area contributed by atoms with Crippen LogP contribution in [0.5, 0.6) is 5.75 Å². The van der Waals surface area contributed by atoms with E-state index in [2.05, 4.69) is 12.7 Å². The zero-order valence-corrected chi connectivity index (χ0v) is 22.1. The molecule has 0 aromatic heterocycles. The molecule has 3 fully saturated rings. The van der Waals surface area contributed by atoms with E-state index < -0.39 is 11.6 Å². The van der Waals surface area contributed by atoms with Gasteiger partial charge in [-0.2, -0.15) is 4.39 Å². The molecule has 1 nitrogen and oxygen atoms in total. The largest absolute Gasteiger partial charge is 0.491 e. The smallest absolute Gasteiger partial charge is 0.200 e. The Morgan fingerprint density at radius 3 is 1.77 bits per heavy atom. The quantitative estimate of drug-likeness (QED) is 0.299. The van der Waals surface area contributed by atoms with Crippen molar-refractivity contribution in [3.05, 3.63) is 42.0 Å². The van der Waals surface area contributed by atoms with E-state index in [1.807, 2.05) is 0 Å². The highest BCUT2D eigenvalue weighted by Gasteiger charge is 2.31. The Labute approximate surface area is 213 Å². The van der Waals surface area contributed by atoms with Crippen LogP contribution in [-0.4, -0.2) is 6.61 Å². The van der Waals surface area contributed by atoms with Crippen LogP contribution < -0.4 is 4.74 Å². The lowest BCUT2D eigenvalue weighted by molar-refractivity contribution is 0.137. The van der Waals surface area contributed by atoms with E-state index in [1.54, 1.807) is 19.1 Å². The first-order valence-electron chi connectivity index (χ1n) is 14.8. The van der Waals surface area contributed by atoms with Crippen molar-refractivity contribution in [3.63, 3.8) is 0 Å². The first kappa shape index (κ1) is 26.7. The summed E-state index contributed by atoms with van der Waals surface area (Å²) in [4.78, 5) is 0. The first-order valence-corrected chi connectivity index (χ1v) is 14.8. The Bertz CT molecular complexity index is 781. The van der Waals surface area contributed by atoms with Gasteiger partial charge in [-0.05, 0) is 118 Å². The molecular formula is C32H48F2O. The maximum Gasteiger partial charge on any atom is 0.200 e.